The van der Waals surface area contributed by atoms with E-state index in [1.807, 2.05) is 24.3 Å². The van der Waals surface area contributed by atoms with Crippen LogP contribution in [0.4, 0.5) is 10.1 Å². The molecule has 2 N–H and O–H groups in total. The molecule has 0 bridgehead atoms. The Morgan fingerprint density at radius 3 is 2.81 bits per heavy atom. The summed E-state index contributed by atoms with van der Waals surface area (Å²) in [4.78, 5) is 0. The second-order valence-electron chi connectivity index (χ2n) is 4.72. The number of anilines is 1. The quantitative estimate of drug-likeness (QED) is 0.830. The molecule has 0 aliphatic heterocycles. The van der Waals surface area contributed by atoms with E-state index < -0.39 is 6.10 Å². The zero-order chi connectivity index (χ0) is 15.2. The van der Waals surface area contributed by atoms with Crippen LogP contribution in [0.3, 0.4) is 0 Å². The Morgan fingerprint density at radius 1 is 1.29 bits per heavy atom. The summed E-state index contributed by atoms with van der Waals surface area (Å²) < 4.78 is 19.8. The fraction of sp³-hybridized carbons (Fsp3) is 0.250. The van der Waals surface area contributed by atoms with Crippen molar-refractivity contribution < 1.29 is 14.2 Å². The van der Waals surface area contributed by atoms with Crippen molar-refractivity contribution >= 4 is 21.6 Å². The topological polar surface area (TPSA) is 41.5 Å². The molecule has 1 unspecified atom stereocenters. The van der Waals surface area contributed by atoms with Crippen LogP contribution in [0.1, 0.15) is 5.56 Å². The number of hydrogen-bond donors (Lipinski definition) is 2. The maximum atomic E-state index is 13.4. The van der Waals surface area contributed by atoms with E-state index in [4.69, 9.17) is 4.74 Å². The number of halogens is 2. The summed E-state index contributed by atoms with van der Waals surface area (Å²) in [5.41, 5.74) is 1.22. The Bertz CT molecular complexity index is 607. The molecule has 3 nitrogen and oxygen atoms in total. The summed E-state index contributed by atoms with van der Waals surface area (Å²) in [6.45, 7) is 2.15. The van der Waals surface area contributed by atoms with Gasteiger partial charge in [0.25, 0.3) is 0 Å². The van der Waals surface area contributed by atoms with E-state index in [0.29, 0.717) is 17.0 Å². The second kappa shape index (κ2) is 7.43. The van der Waals surface area contributed by atoms with E-state index >= 15 is 0 Å². The van der Waals surface area contributed by atoms with E-state index in [9.17, 15) is 9.50 Å². The summed E-state index contributed by atoms with van der Waals surface area (Å²) in [5.74, 6) is 0.422. The number of aliphatic hydroxyl groups excluding tert-OH is 1. The number of ether oxygens (including phenoxy) is 1. The maximum Gasteiger partial charge on any atom is 0.128 e. The van der Waals surface area contributed by atoms with Gasteiger partial charge in [-0.2, -0.15) is 0 Å². The van der Waals surface area contributed by atoms with Gasteiger partial charge in [0, 0.05) is 22.3 Å². The molecule has 0 aliphatic carbocycles. The van der Waals surface area contributed by atoms with Crippen molar-refractivity contribution in [3.05, 3.63) is 58.3 Å². The zero-order valence-electron chi connectivity index (χ0n) is 11.6. The molecular weight excluding hydrogens is 337 g/mol. The van der Waals surface area contributed by atoms with Gasteiger partial charge in [0.05, 0.1) is 0 Å². The lowest BCUT2D eigenvalue weighted by Crippen LogP contribution is -2.26. The molecule has 0 radical (unpaired) electrons. The minimum absolute atomic E-state index is 0.165. The molecular formula is C16H17BrFNO2. The van der Waals surface area contributed by atoms with Crippen LogP contribution in [0, 0.1) is 12.7 Å². The summed E-state index contributed by atoms with van der Waals surface area (Å²) >= 11 is 3.35. The predicted molar refractivity (Wildman–Crippen MR) is 85.3 cm³/mol. The first-order valence-corrected chi connectivity index (χ1v) is 7.41. The highest BCUT2D eigenvalue weighted by Crippen LogP contribution is 2.19. The van der Waals surface area contributed by atoms with Gasteiger partial charge < -0.3 is 15.2 Å². The first-order valence-electron chi connectivity index (χ1n) is 6.61. The van der Waals surface area contributed by atoms with Crippen LogP contribution in [-0.4, -0.2) is 24.4 Å². The number of rotatable bonds is 6. The summed E-state index contributed by atoms with van der Waals surface area (Å²) in [6.07, 6.45) is -0.688. The number of aliphatic hydroxyl groups is 1. The molecule has 21 heavy (non-hydrogen) atoms. The van der Waals surface area contributed by atoms with Gasteiger partial charge in [0.15, 0.2) is 0 Å². The van der Waals surface area contributed by atoms with Crippen molar-refractivity contribution in [2.75, 3.05) is 18.5 Å². The smallest absolute Gasteiger partial charge is 0.128 e. The van der Waals surface area contributed by atoms with E-state index in [2.05, 4.69) is 21.2 Å². The third kappa shape index (κ3) is 4.72. The molecule has 0 saturated carbocycles. The van der Waals surface area contributed by atoms with Crippen molar-refractivity contribution in [1.29, 1.82) is 0 Å². The van der Waals surface area contributed by atoms with Gasteiger partial charge in [-0.05, 0) is 37.3 Å². The molecule has 112 valence electrons. The van der Waals surface area contributed by atoms with Crippen LogP contribution in [0.2, 0.25) is 0 Å². The second-order valence-corrected chi connectivity index (χ2v) is 5.63. The van der Waals surface area contributed by atoms with E-state index in [1.165, 1.54) is 6.07 Å². The lowest BCUT2D eigenvalue weighted by Gasteiger charge is -2.15. The molecule has 1 atom stereocenters. The third-order valence-corrected chi connectivity index (χ3v) is 3.53. The average Bonchev–Trinajstić information content (AvgIpc) is 2.47. The van der Waals surface area contributed by atoms with Crippen LogP contribution >= 0.6 is 15.9 Å². The van der Waals surface area contributed by atoms with Gasteiger partial charge >= 0.3 is 0 Å². The molecule has 0 heterocycles. The van der Waals surface area contributed by atoms with Crippen LogP contribution < -0.4 is 10.1 Å². The maximum absolute atomic E-state index is 13.4. The van der Waals surface area contributed by atoms with Gasteiger partial charge in [-0.3, -0.25) is 0 Å². The van der Waals surface area contributed by atoms with Crippen molar-refractivity contribution in [2.24, 2.45) is 0 Å². The monoisotopic (exact) mass is 353 g/mol. The van der Waals surface area contributed by atoms with Gasteiger partial charge in [-0.15, -0.1) is 0 Å². The van der Waals surface area contributed by atoms with Crippen LogP contribution in [0.15, 0.2) is 46.9 Å². The summed E-state index contributed by atoms with van der Waals surface area (Å²) in [7, 11) is 0. The summed E-state index contributed by atoms with van der Waals surface area (Å²) in [6, 6.07) is 12.2. The highest BCUT2D eigenvalue weighted by Gasteiger charge is 2.08. The van der Waals surface area contributed by atoms with Gasteiger partial charge in [-0.1, -0.05) is 28.1 Å². The number of benzene rings is 2. The normalized spacial score (nSPS) is 12.0. The Morgan fingerprint density at radius 2 is 2.05 bits per heavy atom. The average molecular weight is 354 g/mol. The number of hydrogen-bond acceptors (Lipinski definition) is 3. The van der Waals surface area contributed by atoms with E-state index in [-0.39, 0.29) is 19.0 Å². The standard InChI is InChI=1S/C16H17BrFNO2/c1-11-15(18)6-3-7-16(11)19-9-13(20)10-21-14-5-2-4-12(17)8-14/h2-8,13,19-20H,9-10H2,1H3. The van der Waals surface area contributed by atoms with E-state index in [0.717, 1.165) is 4.47 Å². The lowest BCUT2D eigenvalue weighted by atomic mass is 10.2. The molecule has 0 spiro atoms. The largest absolute Gasteiger partial charge is 0.491 e. The molecule has 2 rings (SSSR count). The molecule has 5 heteroatoms. The fourth-order valence-electron chi connectivity index (χ4n) is 1.83. The van der Waals surface area contributed by atoms with Crippen molar-refractivity contribution in [1.82, 2.24) is 0 Å². The Hall–Kier alpha value is -1.59. The first-order chi connectivity index (χ1) is 10.1. The first kappa shape index (κ1) is 15.8. The van der Waals surface area contributed by atoms with Gasteiger partial charge in [0.2, 0.25) is 0 Å². The van der Waals surface area contributed by atoms with Crippen LogP contribution in [0.25, 0.3) is 0 Å². The van der Waals surface area contributed by atoms with Crippen molar-refractivity contribution in [3.63, 3.8) is 0 Å². The minimum Gasteiger partial charge on any atom is -0.491 e. The van der Waals surface area contributed by atoms with Crippen LogP contribution in [-0.2, 0) is 0 Å². The molecule has 0 aliphatic rings. The predicted octanol–water partition coefficient (Wildman–Crippen LogP) is 3.75. The van der Waals surface area contributed by atoms with Crippen molar-refractivity contribution in [3.8, 4) is 5.75 Å². The van der Waals surface area contributed by atoms with Crippen LogP contribution in [0.5, 0.6) is 5.75 Å². The molecule has 2 aromatic rings. The third-order valence-electron chi connectivity index (χ3n) is 3.03. The minimum atomic E-state index is -0.688. The van der Waals surface area contributed by atoms with Crippen molar-refractivity contribution in [2.45, 2.75) is 13.0 Å². The molecule has 0 aromatic heterocycles. The van der Waals surface area contributed by atoms with Gasteiger partial charge in [0.1, 0.15) is 24.3 Å². The number of nitrogens with one attached hydrogen (secondary N) is 1. The molecule has 0 amide bonds. The summed E-state index contributed by atoms with van der Waals surface area (Å²) in [5, 5.41) is 12.9. The highest BCUT2D eigenvalue weighted by molar-refractivity contribution is 9.10. The Balaban J connectivity index is 1.82. The molecule has 0 fully saturated rings. The van der Waals surface area contributed by atoms with E-state index in [1.54, 1.807) is 19.1 Å². The zero-order valence-corrected chi connectivity index (χ0v) is 13.2. The molecule has 2 aromatic carbocycles. The Kier molecular flexibility index (Phi) is 5.59. The SMILES string of the molecule is Cc1c(F)cccc1NCC(O)COc1cccc(Br)c1. The lowest BCUT2D eigenvalue weighted by molar-refractivity contribution is 0.117. The highest BCUT2D eigenvalue weighted by atomic mass is 79.9. The molecule has 0 saturated heterocycles. The fourth-order valence-corrected chi connectivity index (χ4v) is 2.21. The Labute approximate surface area is 131 Å². The van der Waals surface area contributed by atoms with Gasteiger partial charge in [-0.25, -0.2) is 4.39 Å².